The maximum absolute atomic E-state index is 10.4. The molecule has 0 unspecified atom stereocenters. The van der Waals surface area contributed by atoms with E-state index < -0.39 is 0 Å². The summed E-state index contributed by atoms with van der Waals surface area (Å²) in [5.74, 6) is 0.470. The molecule has 1 rings (SSSR count). The van der Waals surface area contributed by atoms with Crippen molar-refractivity contribution in [2.24, 2.45) is 5.73 Å². The smallest absolute Gasteiger partial charge is 0.231 e. The van der Waals surface area contributed by atoms with Crippen molar-refractivity contribution in [1.82, 2.24) is 5.32 Å². The lowest BCUT2D eigenvalue weighted by Crippen LogP contribution is -2.31. The summed E-state index contributed by atoms with van der Waals surface area (Å²) in [6.07, 6.45) is 0. The summed E-state index contributed by atoms with van der Waals surface area (Å²) in [5, 5.41) is 2.86. The molecule has 0 heterocycles. The highest BCUT2D eigenvalue weighted by Crippen LogP contribution is 2.07. The molecule has 0 saturated heterocycles. The highest BCUT2D eigenvalue weighted by atomic mass is 16.5. The lowest BCUT2D eigenvalue weighted by atomic mass is 10.3. The molecule has 0 radical (unpaired) electrons. The third-order valence-electron chi connectivity index (χ3n) is 1.59. The Morgan fingerprint density at radius 3 is 2.71 bits per heavy atom. The number of amides is 1. The Labute approximate surface area is 83.1 Å². The molecule has 1 aromatic rings. The van der Waals surface area contributed by atoms with Crippen LogP contribution in [0.2, 0.25) is 0 Å². The van der Waals surface area contributed by atoms with E-state index >= 15 is 0 Å². The van der Waals surface area contributed by atoms with Crippen LogP contribution in [0.4, 0.5) is 0 Å². The lowest BCUT2D eigenvalue weighted by molar-refractivity contribution is -0.117. The molecule has 76 valence electrons. The van der Waals surface area contributed by atoms with Crippen molar-refractivity contribution in [3.05, 3.63) is 30.3 Å². The molecule has 4 heteroatoms. The second kappa shape index (κ2) is 5.99. The zero-order valence-corrected chi connectivity index (χ0v) is 7.90. The van der Waals surface area contributed by atoms with Crippen LogP contribution < -0.4 is 15.8 Å². The first-order valence-corrected chi connectivity index (χ1v) is 4.46. The monoisotopic (exact) mass is 194 g/mol. The molecule has 0 aliphatic heterocycles. The Hall–Kier alpha value is -1.55. The molecule has 0 bridgehead atoms. The van der Waals surface area contributed by atoms with Crippen LogP contribution in [0.25, 0.3) is 0 Å². The van der Waals surface area contributed by atoms with Gasteiger partial charge in [-0.15, -0.1) is 0 Å². The van der Waals surface area contributed by atoms with E-state index in [1.54, 1.807) is 0 Å². The van der Waals surface area contributed by atoms with Crippen LogP contribution in [0.1, 0.15) is 0 Å². The molecule has 1 amide bonds. The van der Waals surface area contributed by atoms with E-state index in [9.17, 15) is 4.79 Å². The van der Waals surface area contributed by atoms with Gasteiger partial charge in [0.05, 0.1) is 6.54 Å². The van der Waals surface area contributed by atoms with E-state index in [1.165, 1.54) is 0 Å². The van der Waals surface area contributed by atoms with Crippen molar-refractivity contribution in [3.8, 4) is 5.75 Å². The lowest BCUT2D eigenvalue weighted by Gasteiger charge is -2.05. The average molecular weight is 194 g/mol. The number of primary amides is 1. The van der Waals surface area contributed by atoms with Gasteiger partial charge >= 0.3 is 0 Å². The zero-order valence-electron chi connectivity index (χ0n) is 7.90. The van der Waals surface area contributed by atoms with Crippen LogP contribution >= 0.6 is 0 Å². The van der Waals surface area contributed by atoms with Gasteiger partial charge in [-0.2, -0.15) is 0 Å². The number of benzene rings is 1. The maximum atomic E-state index is 10.4. The minimum Gasteiger partial charge on any atom is -0.492 e. The predicted octanol–water partition coefficient (Wildman–Crippen LogP) is 0.140. The minimum absolute atomic E-state index is 0.193. The number of rotatable bonds is 6. The first-order valence-electron chi connectivity index (χ1n) is 4.46. The van der Waals surface area contributed by atoms with E-state index in [0.717, 1.165) is 5.75 Å². The molecule has 1 aromatic carbocycles. The molecule has 4 nitrogen and oxygen atoms in total. The fourth-order valence-corrected chi connectivity index (χ4v) is 0.969. The van der Waals surface area contributed by atoms with Gasteiger partial charge in [0.15, 0.2) is 0 Å². The number of carbonyl (C=O) groups is 1. The van der Waals surface area contributed by atoms with Gasteiger partial charge in [0.2, 0.25) is 5.91 Å². The van der Waals surface area contributed by atoms with Gasteiger partial charge < -0.3 is 15.8 Å². The molecule has 14 heavy (non-hydrogen) atoms. The van der Waals surface area contributed by atoms with Gasteiger partial charge in [0.1, 0.15) is 12.4 Å². The number of nitrogens with two attached hydrogens (primary N) is 1. The van der Waals surface area contributed by atoms with Gasteiger partial charge in [-0.05, 0) is 12.1 Å². The number of hydrogen-bond donors (Lipinski definition) is 2. The molecule has 0 aliphatic carbocycles. The van der Waals surface area contributed by atoms with Crippen LogP contribution in [0.5, 0.6) is 5.75 Å². The summed E-state index contributed by atoms with van der Waals surface area (Å²) in [4.78, 5) is 10.4. The Balaban J connectivity index is 2.08. The quantitative estimate of drug-likeness (QED) is 0.633. The van der Waals surface area contributed by atoms with Crippen molar-refractivity contribution in [3.63, 3.8) is 0 Å². The predicted molar refractivity (Wildman–Crippen MR) is 54.0 cm³/mol. The fourth-order valence-electron chi connectivity index (χ4n) is 0.969. The maximum Gasteiger partial charge on any atom is 0.231 e. The van der Waals surface area contributed by atoms with Gasteiger partial charge in [-0.25, -0.2) is 0 Å². The molecule has 0 fully saturated rings. The molecular weight excluding hydrogens is 180 g/mol. The zero-order chi connectivity index (χ0) is 10.2. The van der Waals surface area contributed by atoms with E-state index in [1.807, 2.05) is 30.3 Å². The van der Waals surface area contributed by atoms with Gasteiger partial charge in [0.25, 0.3) is 0 Å². The van der Waals surface area contributed by atoms with Gasteiger partial charge in [-0.1, -0.05) is 18.2 Å². The largest absolute Gasteiger partial charge is 0.492 e. The van der Waals surface area contributed by atoms with E-state index in [2.05, 4.69) is 5.32 Å². The molecule has 0 saturated carbocycles. The summed E-state index contributed by atoms with van der Waals surface area (Å²) in [6.45, 7) is 1.33. The van der Waals surface area contributed by atoms with Gasteiger partial charge in [-0.3, -0.25) is 4.79 Å². The molecule has 0 aromatic heterocycles. The van der Waals surface area contributed by atoms with Gasteiger partial charge in [0, 0.05) is 6.54 Å². The van der Waals surface area contributed by atoms with Crippen molar-refractivity contribution < 1.29 is 9.53 Å². The first kappa shape index (κ1) is 10.5. The topological polar surface area (TPSA) is 64.4 Å². The molecule has 0 aliphatic rings. The summed E-state index contributed by atoms with van der Waals surface area (Å²) in [7, 11) is 0. The van der Waals surface area contributed by atoms with Crippen molar-refractivity contribution in [2.75, 3.05) is 19.7 Å². The first-order chi connectivity index (χ1) is 6.79. The van der Waals surface area contributed by atoms with Crippen LogP contribution in [-0.4, -0.2) is 25.6 Å². The van der Waals surface area contributed by atoms with Crippen molar-refractivity contribution in [2.45, 2.75) is 0 Å². The minimum atomic E-state index is -0.357. The van der Waals surface area contributed by atoms with Crippen molar-refractivity contribution >= 4 is 5.91 Å². The highest BCUT2D eigenvalue weighted by molar-refractivity contribution is 5.75. The molecule has 0 atom stereocenters. The Morgan fingerprint density at radius 2 is 2.07 bits per heavy atom. The Bertz CT molecular complexity index is 275. The summed E-state index contributed by atoms with van der Waals surface area (Å²) in [6, 6.07) is 9.51. The normalized spacial score (nSPS) is 9.71. The van der Waals surface area contributed by atoms with Crippen LogP contribution in [0, 0.1) is 0 Å². The van der Waals surface area contributed by atoms with E-state index in [0.29, 0.717) is 13.2 Å². The number of carbonyl (C=O) groups excluding carboxylic acids is 1. The number of nitrogens with one attached hydrogen (secondary N) is 1. The number of para-hydroxylation sites is 1. The second-order valence-corrected chi connectivity index (χ2v) is 2.80. The Kier molecular flexibility index (Phi) is 4.50. The van der Waals surface area contributed by atoms with Crippen LogP contribution in [-0.2, 0) is 4.79 Å². The highest BCUT2D eigenvalue weighted by Gasteiger charge is 1.93. The third kappa shape index (κ3) is 4.47. The van der Waals surface area contributed by atoms with Crippen LogP contribution in [0.15, 0.2) is 30.3 Å². The summed E-state index contributed by atoms with van der Waals surface area (Å²) in [5.41, 5.74) is 4.94. The number of ether oxygens (including phenoxy) is 1. The second-order valence-electron chi connectivity index (χ2n) is 2.80. The van der Waals surface area contributed by atoms with Crippen molar-refractivity contribution in [1.29, 1.82) is 0 Å². The molecule has 3 N–H and O–H groups in total. The standard InChI is InChI=1S/C10H14N2O2/c11-10(13)8-12-6-7-14-9-4-2-1-3-5-9/h1-5,12H,6-8H2,(H2,11,13). The molecule has 0 spiro atoms. The van der Waals surface area contributed by atoms with Crippen LogP contribution in [0.3, 0.4) is 0 Å². The Morgan fingerprint density at radius 1 is 1.36 bits per heavy atom. The van der Waals surface area contributed by atoms with E-state index in [-0.39, 0.29) is 12.5 Å². The summed E-state index contributed by atoms with van der Waals surface area (Å²) >= 11 is 0. The van der Waals surface area contributed by atoms with E-state index in [4.69, 9.17) is 10.5 Å². The summed E-state index contributed by atoms with van der Waals surface area (Å²) < 4.78 is 5.37. The fraction of sp³-hybridized carbons (Fsp3) is 0.300. The SMILES string of the molecule is NC(=O)CNCCOc1ccccc1. The number of hydrogen-bond acceptors (Lipinski definition) is 3. The molecular formula is C10H14N2O2. The third-order valence-corrected chi connectivity index (χ3v) is 1.59. The average Bonchev–Trinajstić information content (AvgIpc) is 2.18.